The molecule has 0 radical (unpaired) electrons. The Labute approximate surface area is 142 Å². The molecule has 0 N–H and O–H groups in total. The summed E-state index contributed by atoms with van der Waals surface area (Å²) < 4.78 is 27.1. The summed E-state index contributed by atoms with van der Waals surface area (Å²) in [4.78, 5) is 14.2. The Bertz CT molecular complexity index is 766. The van der Waals surface area contributed by atoms with E-state index in [1.165, 1.54) is 16.4 Å². The maximum Gasteiger partial charge on any atom is 0.244 e. The Hall–Kier alpha value is -1.91. The molecule has 0 unspecified atom stereocenters. The topological polar surface area (TPSA) is 81.5 Å². The summed E-state index contributed by atoms with van der Waals surface area (Å²) in [5.41, 5.74) is 0.157. The van der Waals surface area contributed by atoms with Crippen LogP contribution in [-0.4, -0.2) is 49.7 Å². The molecule has 1 aliphatic carbocycles. The quantitative estimate of drug-likeness (QED) is 0.831. The highest BCUT2D eigenvalue weighted by molar-refractivity contribution is 7.89. The summed E-state index contributed by atoms with van der Waals surface area (Å²) in [5, 5.41) is 9.16. The molecule has 1 saturated heterocycles. The molecule has 1 aliphatic heterocycles. The van der Waals surface area contributed by atoms with E-state index in [0.717, 1.165) is 19.3 Å². The molecule has 1 aromatic rings. The van der Waals surface area contributed by atoms with Gasteiger partial charge in [-0.3, -0.25) is 4.79 Å². The average Bonchev–Trinajstić information content (AvgIpc) is 2.79. The normalized spacial score (nSPS) is 20.0. The molecular weight excluding hydrogens is 326 g/mol. The maximum absolute atomic E-state index is 12.9. The van der Waals surface area contributed by atoms with E-state index >= 15 is 0 Å². The zero-order valence-corrected chi connectivity index (χ0v) is 14.3. The Kier molecular flexibility index (Phi) is 4.88. The largest absolute Gasteiger partial charge is 0.341 e. The SMILES string of the molecule is N#Cc1ccccc1S(=O)(=O)N1CCCN(C(=O)C2CCC2)CC1. The molecule has 0 atom stereocenters. The van der Waals surface area contributed by atoms with E-state index in [1.54, 1.807) is 17.0 Å². The van der Waals surface area contributed by atoms with Crippen LogP contribution < -0.4 is 0 Å². The molecule has 0 aromatic heterocycles. The first-order valence-electron chi connectivity index (χ1n) is 8.32. The Morgan fingerprint density at radius 2 is 1.83 bits per heavy atom. The van der Waals surface area contributed by atoms with Gasteiger partial charge in [-0.05, 0) is 31.4 Å². The second-order valence-corrected chi connectivity index (χ2v) is 8.23. The molecule has 1 saturated carbocycles. The third-order valence-electron chi connectivity index (χ3n) is 4.85. The van der Waals surface area contributed by atoms with E-state index in [0.29, 0.717) is 26.1 Å². The first kappa shape index (κ1) is 16.9. The monoisotopic (exact) mass is 347 g/mol. The summed E-state index contributed by atoms with van der Waals surface area (Å²) in [6, 6.07) is 8.20. The molecule has 1 heterocycles. The van der Waals surface area contributed by atoms with Gasteiger partial charge in [-0.25, -0.2) is 8.42 Å². The van der Waals surface area contributed by atoms with Gasteiger partial charge in [-0.1, -0.05) is 18.6 Å². The highest BCUT2D eigenvalue weighted by Gasteiger charge is 2.33. The Morgan fingerprint density at radius 3 is 2.50 bits per heavy atom. The Morgan fingerprint density at radius 1 is 1.08 bits per heavy atom. The van der Waals surface area contributed by atoms with Crippen molar-refractivity contribution in [2.75, 3.05) is 26.2 Å². The third-order valence-corrected chi connectivity index (χ3v) is 6.80. The van der Waals surface area contributed by atoms with Crippen LogP contribution in [0.2, 0.25) is 0 Å². The summed E-state index contributed by atoms with van der Waals surface area (Å²) >= 11 is 0. The van der Waals surface area contributed by atoms with Gasteiger partial charge in [0.25, 0.3) is 0 Å². The fraction of sp³-hybridized carbons (Fsp3) is 0.529. The fourth-order valence-electron chi connectivity index (χ4n) is 3.19. The van der Waals surface area contributed by atoms with Crippen molar-refractivity contribution in [3.8, 4) is 6.07 Å². The van der Waals surface area contributed by atoms with Crippen LogP contribution in [-0.2, 0) is 14.8 Å². The first-order chi connectivity index (χ1) is 11.5. The van der Waals surface area contributed by atoms with E-state index in [4.69, 9.17) is 5.26 Å². The summed E-state index contributed by atoms with van der Waals surface area (Å²) in [6.07, 6.45) is 3.63. The van der Waals surface area contributed by atoms with Crippen molar-refractivity contribution in [2.24, 2.45) is 5.92 Å². The van der Waals surface area contributed by atoms with Crippen LogP contribution in [0.25, 0.3) is 0 Å². The van der Waals surface area contributed by atoms with Gasteiger partial charge < -0.3 is 4.90 Å². The second-order valence-electron chi connectivity index (χ2n) is 6.32. The molecule has 7 heteroatoms. The molecule has 0 spiro atoms. The van der Waals surface area contributed by atoms with Crippen LogP contribution in [0.5, 0.6) is 0 Å². The number of benzene rings is 1. The molecule has 3 rings (SSSR count). The van der Waals surface area contributed by atoms with Crippen LogP contribution >= 0.6 is 0 Å². The lowest BCUT2D eigenvalue weighted by Gasteiger charge is -2.31. The number of carbonyl (C=O) groups is 1. The molecule has 0 bridgehead atoms. The van der Waals surface area contributed by atoms with E-state index in [9.17, 15) is 13.2 Å². The third kappa shape index (κ3) is 3.17. The van der Waals surface area contributed by atoms with Crippen molar-refractivity contribution < 1.29 is 13.2 Å². The van der Waals surface area contributed by atoms with Gasteiger partial charge in [0.2, 0.25) is 15.9 Å². The van der Waals surface area contributed by atoms with Crippen LogP contribution in [0.3, 0.4) is 0 Å². The molecule has 2 fully saturated rings. The summed E-state index contributed by atoms with van der Waals surface area (Å²) in [7, 11) is -3.72. The van der Waals surface area contributed by atoms with E-state index < -0.39 is 10.0 Å². The average molecular weight is 347 g/mol. The zero-order chi connectivity index (χ0) is 17.2. The van der Waals surface area contributed by atoms with Crippen molar-refractivity contribution in [2.45, 2.75) is 30.6 Å². The van der Waals surface area contributed by atoms with Crippen molar-refractivity contribution in [1.29, 1.82) is 5.26 Å². The molecule has 24 heavy (non-hydrogen) atoms. The molecule has 2 aliphatic rings. The number of carbonyl (C=O) groups excluding carboxylic acids is 1. The number of nitriles is 1. The fourth-order valence-corrected chi connectivity index (χ4v) is 4.80. The van der Waals surface area contributed by atoms with Crippen LogP contribution in [0.15, 0.2) is 29.2 Å². The Balaban J connectivity index is 1.75. The number of sulfonamides is 1. The molecular formula is C17H21N3O3S. The lowest BCUT2D eigenvalue weighted by Crippen LogP contribution is -2.41. The van der Waals surface area contributed by atoms with Crippen LogP contribution in [0.1, 0.15) is 31.2 Å². The minimum atomic E-state index is -3.72. The van der Waals surface area contributed by atoms with Gasteiger partial charge in [-0.15, -0.1) is 0 Å². The first-order valence-corrected chi connectivity index (χ1v) is 9.76. The number of rotatable bonds is 3. The van der Waals surface area contributed by atoms with Gasteiger partial charge >= 0.3 is 0 Å². The maximum atomic E-state index is 12.9. The molecule has 1 aromatic carbocycles. The number of hydrogen-bond acceptors (Lipinski definition) is 4. The minimum absolute atomic E-state index is 0.0475. The predicted molar refractivity (Wildman–Crippen MR) is 88.5 cm³/mol. The number of nitrogens with zero attached hydrogens (tertiary/aromatic N) is 3. The van der Waals surface area contributed by atoms with E-state index in [2.05, 4.69) is 0 Å². The van der Waals surface area contributed by atoms with Crippen LogP contribution in [0.4, 0.5) is 0 Å². The smallest absolute Gasteiger partial charge is 0.244 e. The van der Waals surface area contributed by atoms with Gasteiger partial charge in [0.1, 0.15) is 6.07 Å². The summed E-state index contributed by atoms with van der Waals surface area (Å²) in [6.45, 7) is 1.67. The van der Waals surface area contributed by atoms with Crippen molar-refractivity contribution in [3.05, 3.63) is 29.8 Å². The van der Waals surface area contributed by atoms with E-state index in [1.807, 2.05) is 6.07 Å². The summed E-state index contributed by atoms with van der Waals surface area (Å²) in [5.74, 6) is 0.297. The number of hydrogen-bond donors (Lipinski definition) is 0. The van der Waals surface area contributed by atoms with Crippen LogP contribution in [0, 0.1) is 17.2 Å². The van der Waals surface area contributed by atoms with Gasteiger partial charge in [0.15, 0.2) is 0 Å². The van der Waals surface area contributed by atoms with Crippen molar-refractivity contribution in [3.63, 3.8) is 0 Å². The van der Waals surface area contributed by atoms with Gasteiger partial charge in [0, 0.05) is 32.1 Å². The van der Waals surface area contributed by atoms with Gasteiger partial charge in [-0.2, -0.15) is 9.57 Å². The minimum Gasteiger partial charge on any atom is -0.341 e. The highest BCUT2D eigenvalue weighted by atomic mass is 32.2. The molecule has 128 valence electrons. The van der Waals surface area contributed by atoms with Gasteiger partial charge in [0.05, 0.1) is 10.5 Å². The lowest BCUT2D eigenvalue weighted by atomic mass is 9.84. The van der Waals surface area contributed by atoms with Crippen molar-refractivity contribution in [1.82, 2.24) is 9.21 Å². The highest BCUT2D eigenvalue weighted by Crippen LogP contribution is 2.29. The zero-order valence-electron chi connectivity index (χ0n) is 13.5. The predicted octanol–water partition coefficient (Wildman–Crippen LogP) is 1.58. The standard InChI is InChI=1S/C17H21N3O3S/c18-13-15-5-1-2-8-16(15)24(22,23)20-10-4-9-19(11-12-20)17(21)14-6-3-7-14/h1-2,5,8,14H,3-4,6-7,9-12H2. The molecule has 6 nitrogen and oxygen atoms in total. The number of amides is 1. The van der Waals surface area contributed by atoms with E-state index in [-0.39, 0.29) is 28.8 Å². The molecule has 1 amide bonds. The lowest BCUT2D eigenvalue weighted by molar-refractivity contribution is -0.138. The van der Waals surface area contributed by atoms with Crippen molar-refractivity contribution >= 4 is 15.9 Å². The second kappa shape index (κ2) is 6.91.